The number of alkyl carbamates (subject to hydrolysis) is 1. The van der Waals surface area contributed by atoms with Crippen molar-refractivity contribution in [3.63, 3.8) is 0 Å². The van der Waals surface area contributed by atoms with Gasteiger partial charge in [0.05, 0.1) is 0 Å². The number of amides is 1. The summed E-state index contributed by atoms with van der Waals surface area (Å²) in [5.74, 6) is 2.30. The quantitative estimate of drug-likeness (QED) is 0.154. The molecule has 186 valence electrons. The lowest BCUT2D eigenvalue weighted by Crippen LogP contribution is -2.49. The number of carbonyl (C=O) groups excluding carboxylic acids is 1. The molecule has 1 amide bonds. The number of nitrogens with zero attached hydrogens (tertiary/aromatic N) is 4. The number of aliphatic imine (C=N–C) groups is 1. The normalized spacial score (nSPS) is 12.7. The van der Waals surface area contributed by atoms with E-state index in [0.717, 1.165) is 43.9 Å². The fourth-order valence-electron chi connectivity index (χ4n) is 2.70. The average Bonchev–Trinajstić information content (AvgIpc) is 3.01. The van der Waals surface area contributed by atoms with Gasteiger partial charge in [-0.05, 0) is 40.5 Å². The summed E-state index contributed by atoms with van der Waals surface area (Å²) in [4.78, 5) is 16.8. The highest BCUT2D eigenvalue weighted by molar-refractivity contribution is 14.0. The summed E-state index contributed by atoms with van der Waals surface area (Å²) in [7, 11) is 3.61. The molecule has 10 nitrogen and oxygen atoms in total. The molecule has 0 aliphatic carbocycles. The zero-order valence-electron chi connectivity index (χ0n) is 20.7. The molecular weight excluding hydrogens is 525 g/mol. The number of halogens is 1. The summed E-state index contributed by atoms with van der Waals surface area (Å²) in [6, 6.07) is 0.0161. The standard InChI is InChI=1S/C21H41N7O3.HI/c1-8-9-11-17(14-24-20(29)31-21(3,4)5)25-19(22-12-10-13-30-7)23-15-18-27-26-16(2)28(18)6;/h17H,8-15H2,1-7H3,(H,24,29)(H2,22,23,25);1H. The van der Waals surface area contributed by atoms with Crippen LogP contribution < -0.4 is 16.0 Å². The highest BCUT2D eigenvalue weighted by Gasteiger charge is 2.18. The minimum absolute atomic E-state index is 0. The predicted octanol–water partition coefficient (Wildman–Crippen LogP) is 2.90. The van der Waals surface area contributed by atoms with Gasteiger partial charge < -0.3 is 30.0 Å². The molecule has 11 heteroatoms. The number of ether oxygens (including phenoxy) is 2. The van der Waals surface area contributed by atoms with E-state index >= 15 is 0 Å². The van der Waals surface area contributed by atoms with Crippen LogP contribution in [-0.4, -0.2) is 65.3 Å². The molecule has 0 spiro atoms. The Morgan fingerprint density at radius 3 is 2.50 bits per heavy atom. The number of unbranched alkanes of at least 4 members (excludes halogenated alkanes) is 1. The molecule has 1 rings (SSSR count). The largest absolute Gasteiger partial charge is 0.444 e. The third-order valence-electron chi connectivity index (χ3n) is 4.52. The van der Waals surface area contributed by atoms with Crippen molar-refractivity contribution in [2.45, 2.75) is 78.5 Å². The number of hydrogen-bond donors (Lipinski definition) is 3. The third-order valence-corrected chi connectivity index (χ3v) is 4.52. The molecule has 1 aromatic heterocycles. The second kappa shape index (κ2) is 16.1. The lowest BCUT2D eigenvalue weighted by atomic mass is 10.1. The zero-order chi connectivity index (χ0) is 23.3. The van der Waals surface area contributed by atoms with Gasteiger partial charge in [-0.3, -0.25) is 0 Å². The molecule has 1 atom stereocenters. The first kappa shape index (κ1) is 30.4. The molecule has 0 bridgehead atoms. The number of nitrogens with one attached hydrogen (secondary N) is 3. The minimum atomic E-state index is -0.528. The maximum Gasteiger partial charge on any atom is 0.407 e. The Labute approximate surface area is 209 Å². The molecular formula is C21H42IN7O3. The van der Waals surface area contributed by atoms with Gasteiger partial charge in [0.25, 0.3) is 0 Å². The molecule has 0 saturated heterocycles. The van der Waals surface area contributed by atoms with Crippen molar-refractivity contribution in [3.8, 4) is 0 Å². The van der Waals surface area contributed by atoms with E-state index in [0.29, 0.717) is 25.7 Å². The zero-order valence-corrected chi connectivity index (χ0v) is 23.0. The molecule has 0 aromatic carbocycles. The van der Waals surface area contributed by atoms with Crippen LogP contribution in [0.2, 0.25) is 0 Å². The van der Waals surface area contributed by atoms with E-state index in [9.17, 15) is 4.79 Å². The Bertz CT molecular complexity index is 689. The minimum Gasteiger partial charge on any atom is -0.444 e. The Balaban J connectivity index is 0.00000961. The van der Waals surface area contributed by atoms with E-state index in [1.54, 1.807) is 7.11 Å². The van der Waals surface area contributed by atoms with Crippen LogP contribution in [0.15, 0.2) is 4.99 Å². The van der Waals surface area contributed by atoms with Crippen molar-refractivity contribution in [1.29, 1.82) is 0 Å². The van der Waals surface area contributed by atoms with Crippen molar-refractivity contribution in [2.75, 3.05) is 26.8 Å². The topological polar surface area (TPSA) is 115 Å². The second-order valence-corrected chi connectivity index (χ2v) is 8.53. The molecule has 1 heterocycles. The van der Waals surface area contributed by atoms with Crippen molar-refractivity contribution in [3.05, 3.63) is 11.6 Å². The fraction of sp³-hybridized carbons (Fsp3) is 0.810. The van der Waals surface area contributed by atoms with E-state index in [2.05, 4.69) is 38.1 Å². The third kappa shape index (κ3) is 13.0. The van der Waals surface area contributed by atoms with Gasteiger partial charge in [-0.2, -0.15) is 0 Å². The molecule has 3 N–H and O–H groups in total. The summed E-state index contributed by atoms with van der Waals surface area (Å²) in [6.45, 7) is 11.8. The SMILES string of the molecule is CCCCC(CNC(=O)OC(C)(C)C)NC(=NCc1nnc(C)n1C)NCCCOC.I. The van der Waals surface area contributed by atoms with Crippen LogP contribution in [0.4, 0.5) is 4.79 Å². The molecule has 1 aromatic rings. The molecule has 0 saturated carbocycles. The molecule has 0 radical (unpaired) electrons. The van der Waals surface area contributed by atoms with Gasteiger partial charge in [-0.1, -0.05) is 19.8 Å². The van der Waals surface area contributed by atoms with Crippen molar-refractivity contribution in [1.82, 2.24) is 30.7 Å². The van der Waals surface area contributed by atoms with Gasteiger partial charge in [0.1, 0.15) is 18.0 Å². The highest BCUT2D eigenvalue weighted by Crippen LogP contribution is 2.07. The van der Waals surface area contributed by atoms with Gasteiger partial charge >= 0.3 is 6.09 Å². The number of aromatic nitrogens is 3. The van der Waals surface area contributed by atoms with E-state index in [4.69, 9.17) is 9.47 Å². The Hall–Kier alpha value is -1.63. The number of aryl methyl sites for hydroxylation is 1. The monoisotopic (exact) mass is 567 g/mol. The van der Waals surface area contributed by atoms with Crippen LogP contribution in [0, 0.1) is 6.92 Å². The second-order valence-electron chi connectivity index (χ2n) is 8.53. The maximum absolute atomic E-state index is 12.1. The number of carbonyl (C=O) groups is 1. The van der Waals surface area contributed by atoms with Gasteiger partial charge in [0, 0.05) is 39.9 Å². The summed E-state index contributed by atoms with van der Waals surface area (Å²) in [6.07, 6.45) is 3.44. The van der Waals surface area contributed by atoms with Crippen molar-refractivity contribution < 1.29 is 14.3 Å². The Morgan fingerprint density at radius 1 is 1.22 bits per heavy atom. The first-order valence-corrected chi connectivity index (χ1v) is 11.0. The van der Waals surface area contributed by atoms with Crippen LogP contribution in [0.25, 0.3) is 0 Å². The lowest BCUT2D eigenvalue weighted by Gasteiger charge is -2.24. The lowest BCUT2D eigenvalue weighted by molar-refractivity contribution is 0.0522. The average molecular weight is 568 g/mol. The first-order valence-electron chi connectivity index (χ1n) is 11.0. The van der Waals surface area contributed by atoms with E-state index in [1.165, 1.54) is 0 Å². The summed E-state index contributed by atoms with van der Waals surface area (Å²) in [5.41, 5.74) is -0.528. The van der Waals surface area contributed by atoms with Gasteiger partial charge in [-0.25, -0.2) is 9.79 Å². The van der Waals surface area contributed by atoms with Crippen LogP contribution in [0.3, 0.4) is 0 Å². The number of rotatable bonds is 12. The predicted molar refractivity (Wildman–Crippen MR) is 137 cm³/mol. The summed E-state index contributed by atoms with van der Waals surface area (Å²) < 4.78 is 12.4. The number of methoxy groups -OCH3 is 1. The van der Waals surface area contributed by atoms with Crippen LogP contribution >= 0.6 is 24.0 Å². The van der Waals surface area contributed by atoms with Gasteiger partial charge in [0.15, 0.2) is 11.8 Å². The molecule has 0 aliphatic heterocycles. The molecule has 0 fully saturated rings. The maximum atomic E-state index is 12.1. The Kier molecular flexibility index (Phi) is 15.2. The number of guanidine groups is 1. The summed E-state index contributed by atoms with van der Waals surface area (Å²) >= 11 is 0. The van der Waals surface area contributed by atoms with Gasteiger partial charge in [-0.15, -0.1) is 34.2 Å². The smallest absolute Gasteiger partial charge is 0.407 e. The molecule has 0 aliphatic rings. The van der Waals surface area contributed by atoms with Crippen LogP contribution in [0.5, 0.6) is 0 Å². The van der Waals surface area contributed by atoms with E-state index in [-0.39, 0.29) is 30.0 Å². The van der Waals surface area contributed by atoms with E-state index < -0.39 is 11.7 Å². The van der Waals surface area contributed by atoms with E-state index in [1.807, 2.05) is 39.3 Å². The van der Waals surface area contributed by atoms with Crippen LogP contribution in [0.1, 0.15) is 65.0 Å². The molecule has 32 heavy (non-hydrogen) atoms. The molecule has 1 unspecified atom stereocenters. The van der Waals surface area contributed by atoms with Crippen molar-refractivity contribution in [2.24, 2.45) is 12.0 Å². The first-order chi connectivity index (χ1) is 14.7. The van der Waals surface area contributed by atoms with Gasteiger partial charge in [0.2, 0.25) is 0 Å². The number of hydrogen-bond acceptors (Lipinski definition) is 6. The summed E-state index contributed by atoms with van der Waals surface area (Å²) in [5, 5.41) is 17.9. The Morgan fingerprint density at radius 2 is 1.94 bits per heavy atom. The van der Waals surface area contributed by atoms with Crippen molar-refractivity contribution >= 4 is 36.0 Å². The fourth-order valence-corrected chi connectivity index (χ4v) is 2.70. The van der Waals surface area contributed by atoms with Crippen LogP contribution in [-0.2, 0) is 23.1 Å². The highest BCUT2D eigenvalue weighted by atomic mass is 127.